The monoisotopic (exact) mass is 212 g/mol. The van der Waals surface area contributed by atoms with Crippen LogP contribution in [0.4, 0.5) is 0 Å². The number of hydrogen-bond donors (Lipinski definition) is 0. The van der Waals surface area contributed by atoms with Crippen LogP contribution in [0.25, 0.3) is 0 Å². The number of hydrogen-bond acceptors (Lipinski definition) is 4. The Kier molecular flexibility index (Phi) is 1.54. The fourth-order valence-electron chi connectivity index (χ4n) is 1.35. The van der Waals surface area contributed by atoms with Crippen LogP contribution < -0.4 is 5.66 Å². The van der Waals surface area contributed by atoms with Gasteiger partial charge in [-0.1, -0.05) is 0 Å². The summed E-state index contributed by atoms with van der Waals surface area (Å²) in [5, 5.41) is 0. The van der Waals surface area contributed by atoms with Gasteiger partial charge in [0.15, 0.2) is 11.6 Å². The molecule has 82 valence electrons. The molecule has 0 aliphatic carbocycles. The molecule has 0 saturated carbocycles. The quantitative estimate of drug-likeness (QED) is 0.657. The van der Waals surface area contributed by atoms with E-state index in [-0.39, 0.29) is 11.6 Å². The molecule has 0 amide bonds. The molecule has 0 unspecified atom stereocenters. The van der Waals surface area contributed by atoms with Gasteiger partial charge in [0.2, 0.25) is 0 Å². The van der Waals surface area contributed by atoms with Crippen LogP contribution in [0, 0.1) is 6.85 Å². The number of nitrogens with zero attached hydrogens (tertiary/aromatic N) is 1. The molecule has 0 atom stereocenters. The molecular formula is C10H16BNO3. The average molecular weight is 212 g/mol. The van der Waals surface area contributed by atoms with Crippen LogP contribution in [0.3, 0.4) is 0 Å². The lowest BCUT2D eigenvalue weighted by Gasteiger charge is -2.32. The Balaban J connectivity index is 2.23. The summed E-state index contributed by atoms with van der Waals surface area (Å²) in [4.78, 5) is 3.74. The highest BCUT2D eigenvalue weighted by atomic mass is 16.7. The van der Waals surface area contributed by atoms with Crippen molar-refractivity contribution in [1.29, 1.82) is 0 Å². The predicted octanol–water partition coefficient (Wildman–Crippen LogP) is 1.28. The molecule has 1 aromatic rings. The molecule has 15 heavy (non-hydrogen) atoms. The summed E-state index contributed by atoms with van der Waals surface area (Å²) >= 11 is 0. The molecule has 0 bridgehead atoms. The topological polar surface area (TPSA) is 44.5 Å². The highest BCUT2D eigenvalue weighted by molar-refractivity contribution is 6.60. The second-order valence-corrected chi connectivity index (χ2v) is 4.66. The first-order valence-electron chi connectivity index (χ1n) is 6.35. The van der Waals surface area contributed by atoms with Crippen LogP contribution in [0.1, 0.15) is 37.7 Å². The van der Waals surface area contributed by atoms with E-state index in [1.165, 1.54) is 6.20 Å². The number of aromatic nitrogens is 1. The van der Waals surface area contributed by atoms with Gasteiger partial charge in [-0.15, -0.1) is 0 Å². The molecule has 4 nitrogen and oxygen atoms in total. The summed E-state index contributed by atoms with van der Waals surface area (Å²) < 4.78 is 38.3. The molecule has 0 spiro atoms. The lowest BCUT2D eigenvalue weighted by Crippen LogP contribution is -2.41. The minimum atomic E-state index is -2.36. The van der Waals surface area contributed by atoms with Crippen LogP contribution in [0.15, 0.2) is 10.6 Å². The van der Waals surface area contributed by atoms with E-state index in [4.69, 9.17) is 17.8 Å². The first kappa shape index (κ1) is 7.47. The maximum absolute atomic E-state index is 7.21. The summed E-state index contributed by atoms with van der Waals surface area (Å²) in [6.07, 6.45) is 1.34. The highest BCUT2D eigenvalue weighted by Crippen LogP contribution is 2.36. The molecule has 1 saturated heterocycles. The number of rotatable bonds is 1. The Morgan fingerprint density at radius 2 is 1.87 bits per heavy atom. The van der Waals surface area contributed by atoms with E-state index in [2.05, 4.69) is 4.98 Å². The summed E-state index contributed by atoms with van der Waals surface area (Å²) in [6.45, 7) is 5.28. The summed E-state index contributed by atoms with van der Waals surface area (Å²) in [6, 6.07) is 0. The molecule has 5 heteroatoms. The second-order valence-electron chi connectivity index (χ2n) is 4.66. The molecular weight excluding hydrogens is 193 g/mol. The molecule has 0 radical (unpaired) electrons. The van der Waals surface area contributed by atoms with Crippen molar-refractivity contribution in [2.24, 2.45) is 0 Å². The zero-order chi connectivity index (χ0) is 13.8. The molecule has 1 aliphatic rings. The lowest BCUT2D eigenvalue weighted by atomic mass is 9.87. The third-order valence-corrected chi connectivity index (χ3v) is 3.01. The van der Waals surface area contributed by atoms with Gasteiger partial charge in [0, 0.05) is 11.0 Å². The van der Waals surface area contributed by atoms with Gasteiger partial charge in [-0.3, -0.25) is 0 Å². The Labute approximate surface area is 94.3 Å². The van der Waals surface area contributed by atoms with Crippen LogP contribution in [0.5, 0.6) is 0 Å². The van der Waals surface area contributed by atoms with Gasteiger partial charge >= 0.3 is 7.12 Å². The van der Waals surface area contributed by atoms with Crippen LogP contribution in [-0.2, 0) is 9.31 Å². The van der Waals surface area contributed by atoms with E-state index in [0.29, 0.717) is 0 Å². The van der Waals surface area contributed by atoms with Gasteiger partial charge in [0.25, 0.3) is 0 Å². The Morgan fingerprint density at radius 3 is 2.33 bits per heavy atom. The minimum Gasteiger partial charge on any atom is -0.450 e. The van der Waals surface area contributed by atoms with Crippen molar-refractivity contribution in [1.82, 2.24) is 4.98 Å². The number of aryl methyl sites for hydroxylation is 1. The van der Waals surface area contributed by atoms with Crippen molar-refractivity contribution < 1.29 is 17.8 Å². The second kappa shape index (κ2) is 3.09. The van der Waals surface area contributed by atoms with E-state index in [1.807, 2.05) is 27.7 Å². The molecule has 0 aromatic carbocycles. The van der Waals surface area contributed by atoms with E-state index in [9.17, 15) is 0 Å². The maximum Gasteiger partial charge on any atom is 0.534 e. The summed E-state index contributed by atoms with van der Waals surface area (Å²) in [7, 11) is -0.724. The van der Waals surface area contributed by atoms with Crippen LogP contribution in [-0.4, -0.2) is 23.3 Å². The third-order valence-electron chi connectivity index (χ3n) is 3.01. The standard InChI is InChI=1S/C10H16BNO3/c1-7-12-6-8(13-7)11-14-9(2,3)10(4,5)15-11/h6H,1-5H3/i1D3. The van der Waals surface area contributed by atoms with E-state index in [1.54, 1.807) is 0 Å². The van der Waals surface area contributed by atoms with Crippen molar-refractivity contribution in [3.05, 3.63) is 12.1 Å². The van der Waals surface area contributed by atoms with Crippen molar-refractivity contribution in [3.63, 3.8) is 0 Å². The average Bonchev–Trinajstić information content (AvgIpc) is 2.69. The van der Waals surface area contributed by atoms with Gasteiger partial charge in [0.05, 0.1) is 17.4 Å². The van der Waals surface area contributed by atoms with Gasteiger partial charge in [-0.05, 0) is 27.7 Å². The van der Waals surface area contributed by atoms with Crippen molar-refractivity contribution in [3.8, 4) is 0 Å². The van der Waals surface area contributed by atoms with Gasteiger partial charge in [0.1, 0.15) is 0 Å². The Hall–Kier alpha value is -0.805. The van der Waals surface area contributed by atoms with Crippen molar-refractivity contribution >= 4 is 12.8 Å². The SMILES string of the molecule is [2H]C([2H])([2H])c1ncc(B2OC(C)(C)C(C)(C)O2)o1. The van der Waals surface area contributed by atoms with Gasteiger partial charge < -0.3 is 13.7 Å². The minimum absolute atomic E-state index is 0.278. The van der Waals surface area contributed by atoms with Crippen molar-refractivity contribution in [2.75, 3.05) is 0 Å². The predicted molar refractivity (Wildman–Crippen MR) is 57.0 cm³/mol. The zero-order valence-electron chi connectivity index (χ0n) is 12.3. The molecule has 2 heterocycles. The first-order valence-corrected chi connectivity index (χ1v) is 4.85. The van der Waals surface area contributed by atoms with Crippen LogP contribution in [0.2, 0.25) is 0 Å². The zero-order valence-corrected chi connectivity index (χ0v) is 9.33. The largest absolute Gasteiger partial charge is 0.534 e. The molecule has 2 rings (SSSR count). The fraction of sp³-hybridized carbons (Fsp3) is 0.700. The normalized spacial score (nSPS) is 27.2. The van der Waals surface area contributed by atoms with E-state index >= 15 is 0 Å². The number of oxazole rings is 1. The van der Waals surface area contributed by atoms with E-state index < -0.39 is 25.2 Å². The van der Waals surface area contributed by atoms with Gasteiger partial charge in [-0.2, -0.15) is 0 Å². The van der Waals surface area contributed by atoms with Gasteiger partial charge in [-0.25, -0.2) is 4.98 Å². The molecule has 1 aliphatic heterocycles. The Morgan fingerprint density at radius 1 is 1.27 bits per heavy atom. The fourth-order valence-corrected chi connectivity index (χ4v) is 1.35. The molecule has 1 aromatic heterocycles. The molecule has 0 N–H and O–H groups in total. The van der Waals surface area contributed by atoms with E-state index in [0.717, 1.165) is 0 Å². The Bertz CT molecular complexity index is 439. The smallest absolute Gasteiger partial charge is 0.450 e. The summed E-state index contributed by atoms with van der Waals surface area (Å²) in [5.74, 6) is -0.299. The third kappa shape index (κ3) is 1.70. The first-order chi connectivity index (χ1) is 8.03. The van der Waals surface area contributed by atoms with Crippen molar-refractivity contribution in [2.45, 2.75) is 45.7 Å². The highest BCUT2D eigenvalue weighted by Gasteiger charge is 2.53. The lowest BCUT2D eigenvalue weighted by molar-refractivity contribution is 0.00578. The summed E-state index contributed by atoms with van der Waals surface area (Å²) in [5.41, 5.74) is -0.713. The molecule has 1 fully saturated rings. The van der Waals surface area contributed by atoms with Crippen LogP contribution >= 0.6 is 0 Å². The maximum atomic E-state index is 7.21.